The van der Waals surface area contributed by atoms with E-state index in [1.54, 1.807) is 0 Å². The summed E-state index contributed by atoms with van der Waals surface area (Å²) < 4.78 is 176. The summed E-state index contributed by atoms with van der Waals surface area (Å²) >= 11 is 0. The highest BCUT2D eigenvalue weighted by molar-refractivity contribution is 6.36. The molecule has 162 valence electrons. The van der Waals surface area contributed by atoms with Gasteiger partial charge >= 0.3 is 35.8 Å². The lowest BCUT2D eigenvalue weighted by Crippen LogP contribution is -2.70. The average Bonchev–Trinajstić information content (AvgIpc) is 2.49. The Balaban J connectivity index is 5.74. The molecular formula is C11H11F13O2Si. The SMILES string of the molecule is COC(OC)[Si]CCC(F)(F)C(F)(F)C(F)(F)C(F)(F)C(F)(F)C(F)(F)F. The number of halogens is 13. The van der Waals surface area contributed by atoms with E-state index in [1.165, 1.54) is 0 Å². The molecule has 0 rings (SSSR count). The standard InChI is InChI=1S/C11H11F13O2Si/c1-25-5(26-2)27-4-3-6(12,13)7(14,15)8(16,17)9(18,19)10(20,21)11(22,23)24/h5H,3-4H2,1-2H3. The Bertz CT molecular complexity index is 487. The first kappa shape index (κ1) is 26.2. The van der Waals surface area contributed by atoms with Crippen LogP contribution in [0.2, 0.25) is 6.04 Å². The molecule has 2 nitrogen and oxygen atoms in total. The summed E-state index contributed by atoms with van der Waals surface area (Å²) in [6.07, 6.45) is -9.65. The van der Waals surface area contributed by atoms with Gasteiger partial charge in [0.05, 0.1) is 0 Å². The van der Waals surface area contributed by atoms with Crippen molar-refractivity contribution in [3.05, 3.63) is 0 Å². The second-order valence-corrected chi connectivity index (χ2v) is 6.39. The molecule has 0 spiro atoms. The summed E-state index contributed by atoms with van der Waals surface area (Å²) in [5.74, 6) is -37.9. The molecule has 0 amide bonds. The highest BCUT2D eigenvalue weighted by atomic mass is 28.2. The number of alkyl halides is 13. The summed E-state index contributed by atoms with van der Waals surface area (Å²) in [7, 11) is 1.08. The van der Waals surface area contributed by atoms with Gasteiger partial charge in [0.15, 0.2) is 0 Å². The molecule has 0 aromatic carbocycles. The van der Waals surface area contributed by atoms with Gasteiger partial charge in [-0.15, -0.1) is 0 Å². The zero-order valence-electron chi connectivity index (χ0n) is 13.2. The second kappa shape index (κ2) is 7.92. The molecule has 0 atom stereocenters. The number of hydrogen-bond donors (Lipinski definition) is 0. The van der Waals surface area contributed by atoms with Crippen molar-refractivity contribution in [3.8, 4) is 0 Å². The third kappa shape index (κ3) is 4.46. The number of methoxy groups -OCH3 is 2. The quantitative estimate of drug-likeness (QED) is 0.270. The Kier molecular flexibility index (Phi) is 7.70. The third-order valence-electron chi connectivity index (χ3n) is 3.18. The van der Waals surface area contributed by atoms with E-state index >= 15 is 0 Å². The van der Waals surface area contributed by atoms with E-state index in [0.29, 0.717) is 0 Å². The molecule has 27 heavy (non-hydrogen) atoms. The molecule has 0 aliphatic rings. The van der Waals surface area contributed by atoms with Crippen molar-refractivity contribution in [2.45, 2.75) is 54.2 Å². The average molecular weight is 450 g/mol. The predicted octanol–water partition coefficient (Wildman–Crippen LogP) is 4.81. The Morgan fingerprint density at radius 2 is 1.00 bits per heavy atom. The molecule has 0 bridgehead atoms. The van der Waals surface area contributed by atoms with Gasteiger partial charge in [0, 0.05) is 20.6 Å². The van der Waals surface area contributed by atoms with Crippen LogP contribution in [0.25, 0.3) is 0 Å². The second-order valence-electron chi connectivity index (χ2n) is 5.01. The minimum absolute atomic E-state index is 0.892. The maximum atomic E-state index is 13.4. The van der Waals surface area contributed by atoms with Crippen molar-refractivity contribution < 1.29 is 66.5 Å². The monoisotopic (exact) mass is 450 g/mol. The summed E-state index contributed by atoms with van der Waals surface area (Å²) in [5.41, 5.74) is 0. The van der Waals surface area contributed by atoms with Crippen molar-refractivity contribution in [2.75, 3.05) is 14.2 Å². The molecule has 0 aromatic rings. The van der Waals surface area contributed by atoms with Crippen LogP contribution in [0, 0.1) is 0 Å². The molecule has 16 heteroatoms. The van der Waals surface area contributed by atoms with Crippen molar-refractivity contribution in [1.82, 2.24) is 0 Å². The van der Waals surface area contributed by atoms with Crippen molar-refractivity contribution in [3.63, 3.8) is 0 Å². The number of rotatable bonds is 10. The molecule has 0 aromatic heterocycles. The van der Waals surface area contributed by atoms with Crippen molar-refractivity contribution in [2.24, 2.45) is 0 Å². The zero-order valence-corrected chi connectivity index (χ0v) is 14.2. The van der Waals surface area contributed by atoms with Crippen LogP contribution < -0.4 is 0 Å². The zero-order chi connectivity index (χ0) is 22.1. The molecule has 0 aliphatic heterocycles. The fraction of sp³-hybridized carbons (Fsp3) is 1.00. The van der Waals surface area contributed by atoms with E-state index in [9.17, 15) is 57.1 Å². The maximum absolute atomic E-state index is 13.4. The lowest BCUT2D eigenvalue weighted by Gasteiger charge is -2.39. The topological polar surface area (TPSA) is 18.5 Å². The number of hydrogen-bond acceptors (Lipinski definition) is 2. The first-order chi connectivity index (χ1) is 11.7. The van der Waals surface area contributed by atoms with E-state index < -0.39 is 63.7 Å². The van der Waals surface area contributed by atoms with E-state index in [4.69, 9.17) is 0 Å². The third-order valence-corrected chi connectivity index (χ3v) is 4.52. The smallest absolute Gasteiger partial charge is 0.360 e. The molecule has 0 N–H and O–H groups in total. The predicted molar refractivity (Wildman–Crippen MR) is 63.8 cm³/mol. The summed E-state index contributed by atoms with van der Waals surface area (Å²) in [5, 5.41) is 0. The Labute approximate surface area is 145 Å². The molecule has 2 radical (unpaired) electrons. The molecule has 0 saturated heterocycles. The van der Waals surface area contributed by atoms with Crippen molar-refractivity contribution >= 4 is 9.52 Å². The van der Waals surface area contributed by atoms with E-state index in [-0.39, 0.29) is 0 Å². The van der Waals surface area contributed by atoms with Crippen LogP contribution in [0.15, 0.2) is 0 Å². The van der Waals surface area contributed by atoms with Gasteiger partial charge in [0.2, 0.25) is 0 Å². The molecule has 0 unspecified atom stereocenters. The number of ether oxygens (including phenoxy) is 2. The molecule has 0 heterocycles. The van der Waals surface area contributed by atoms with E-state index in [2.05, 4.69) is 9.47 Å². The summed E-state index contributed by atoms with van der Waals surface area (Å²) in [6, 6.07) is -1.08. The first-order valence-corrected chi connectivity index (χ1v) is 7.77. The van der Waals surface area contributed by atoms with Gasteiger partial charge in [0.1, 0.15) is 15.4 Å². The molecular weight excluding hydrogens is 439 g/mol. The summed E-state index contributed by atoms with van der Waals surface area (Å²) in [4.78, 5) is 0. The van der Waals surface area contributed by atoms with Crippen LogP contribution in [0.1, 0.15) is 6.42 Å². The van der Waals surface area contributed by atoms with Crippen LogP contribution in [-0.4, -0.2) is 65.4 Å². The lowest BCUT2D eigenvalue weighted by atomic mass is 9.93. The fourth-order valence-electron chi connectivity index (χ4n) is 1.57. The van der Waals surface area contributed by atoms with Gasteiger partial charge in [-0.3, -0.25) is 0 Å². The van der Waals surface area contributed by atoms with Gasteiger partial charge < -0.3 is 9.47 Å². The van der Waals surface area contributed by atoms with Crippen LogP contribution >= 0.6 is 0 Å². The van der Waals surface area contributed by atoms with E-state index in [1.807, 2.05) is 0 Å². The Hall–Kier alpha value is -0.773. The Morgan fingerprint density at radius 1 is 0.630 bits per heavy atom. The summed E-state index contributed by atoms with van der Waals surface area (Å²) in [6.45, 7) is 0. The van der Waals surface area contributed by atoms with Gasteiger partial charge in [-0.2, -0.15) is 57.1 Å². The van der Waals surface area contributed by atoms with Crippen LogP contribution in [0.4, 0.5) is 57.1 Å². The fourth-order valence-corrected chi connectivity index (χ4v) is 2.60. The lowest BCUT2D eigenvalue weighted by molar-refractivity contribution is -0.439. The van der Waals surface area contributed by atoms with Gasteiger partial charge in [0.25, 0.3) is 0 Å². The van der Waals surface area contributed by atoms with Gasteiger partial charge in [-0.05, 0) is 0 Å². The van der Waals surface area contributed by atoms with Crippen LogP contribution in [-0.2, 0) is 9.47 Å². The normalized spacial score (nSPS) is 15.6. The largest absolute Gasteiger partial charge is 0.460 e. The van der Waals surface area contributed by atoms with Crippen LogP contribution in [0.5, 0.6) is 0 Å². The molecule has 0 saturated carbocycles. The molecule has 0 fully saturated rings. The maximum Gasteiger partial charge on any atom is 0.460 e. The Morgan fingerprint density at radius 3 is 1.33 bits per heavy atom. The van der Waals surface area contributed by atoms with E-state index in [0.717, 1.165) is 14.2 Å². The minimum atomic E-state index is -7.87. The first-order valence-electron chi connectivity index (χ1n) is 6.49. The highest BCUT2D eigenvalue weighted by Gasteiger charge is 2.90. The highest BCUT2D eigenvalue weighted by Crippen LogP contribution is 2.60. The van der Waals surface area contributed by atoms with Crippen molar-refractivity contribution in [1.29, 1.82) is 0 Å². The molecule has 0 aliphatic carbocycles. The van der Waals surface area contributed by atoms with Gasteiger partial charge in [-0.25, -0.2) is 0 Å². The van der Waals surface area contributed by atoms with Gasteiger partial charge in [-0.1, -0.05) is 6.04 Å². The minimum Gasteiger partial charge on any atom is -0.360 e. The van der Waals surface area contributed by atoms with Crippen LogP contribution in [0.3, 0.4) is 0 Å².